The highest BCUT2D eigenvalue weighted by Crippen LogP contribution is 2.55. The molecule has 1 aromatic carbocycles. The van der Waals surface area contributed by atoms with Crippen LogP contribution in [0.3, 0.4) is 0 Å². The number of fused-ring (bicyclic) bond motifs is 3. The van der Waals surface area contributed by atoms with E-state index >= 15 is 0 Å². The van der Waals surface area contributed by atoms with Crippen molar-refractivity contribution in [2.75, 3.05) is 46.9 Å². The zero-order valence-electron chi connectivity index (χ0n) is 24.7. The molecule has 15 nitrogen and oxygen atoms in total. The zero-order valence-corrected chi connectivity index (χ0v) is 24.7. The van der Waals surface area contributed by atoms with Crippen LogP contribution in [-0.2, 0) is 15.2 Å². The summed E-state index contributed by atoms with van der Waals surface area (Å²) in [6.45, 7) is 3.29. The van der Waals surface area contributed by atoms with E-state index in [4.69, 9.17) is 16.6 Å². The lowest BCUT2D eigenvalue weighted by Gasteiger charge is -2.49. The second kappa shape index (κ2) is 11.2. The first-order valence-electron chi connectivity index (χ1n) is 14.3. The highest BCUT2D eigenvalue weighted by Gasteiger charge is 2.58. The molecule has 0 saturated carbocycles. The Bertz CT molecular complexity index is 1510. The Morgan fingerprint density at radius 2 is 1.77 bits per heavy atom. The summed E-state index contributed by atoms with van der Waals surface area (Å²) in [6.07, 6.45) is 0.0449. The first-order valence-corrected chi connectivity index (χ1v) is 14.3. The molecule has 236 valence electrons. The molecule has 1 heterocycles. The molecule has 4 unspecified atom stereocenters. The molecule has 0 radical (unpaired) electrons. The number of allylic oxidation sites excluding steroid dienone is 1. The summed E-state index contributed by atoms with van der Waals surface area (Å²) in [4.78, 5) is 46.2. The first-order chi connectivity index (χ1) is 20.7. The molecule has 4 aliphatic rings. The Kier molecular flexibility index (Phi) is 7.90. The molecule has 1 amide bonds. The molecule has 0 aromatic heterocycles. The fraction of sp³-hybridized carbons (Fsp3) is 0.483. The number of hydrogen-bond acceptors (Lipinski definition) is 11. The number of Topliss-reactive ketones (excluding diaryl/α,β-unsaturated/α-hetero) is 2. The third kappa shape index (κ3) is 4.96. The van der Waals surface area contributed by atoms with Crippen LogP contribution in [0, 0.1) is 28.6 Å². The van der Waals surface area contributed by atoms with E-state index in [1.54, 1.807) is 23.9 Å². The quantitative estimate of drug-likeness (QED) is 0.117. The monoisotopic (exact) mass is 610 g/mol. The van der Waals surface area contributed by atoms with Gasteiger partial charge in [0.15, 0.2) is 23.5 Å². The van der Waals surface area contributed by atoms with Gasteiger partial charge < -0.3 is 36.4 Å². The van der Waals surface area contributed by atoms with Gasteiger partial charge in [0.2, 0.25) is 0 Å². The number of phenols is 1. The molecule has 44 heavy (non-hydrogen) atoms. The minimum absolute atomic E-state index is 0.00587. The summed E-state index contributed by atoms with van der Waals surface area (Å²) in [5, 5.41) is 65.4. The topological polar surface area (TPSA) is 240 Å². The van der Waals surface area contributed by atoms with Crippen molar-refractivity contribution in [3.8, 4) is 5.75 Å². The molecule has 0 spiro atoms. The van der Waals surface area contributed by atoms with Crippen LogP contribution in [0.1, 0.15) is 29.3 Å². The number of carbonyl (C=O) groups excluding carboxylic acids is 3. The van der Waals surface area contributed by atoms with Crippen molar-refractivity contribution in [2.45, 2.75) is 25.0 Å². The average Bonchev–Trinajstić information content (AvgIpc) is 2.94. The van der Waals surface area contributed by atoms with Gasteiger partial charge in [-0.2, -0.15) is 0 Å². The minimum Gasteiger partial charge on any atom is -0.511 e. The lowest BCUT2D eigenvalue weighted by atomic mass is 9.57. The molecular formula is C29H38N8O7. The van der Waals surface area contributed by atoms with Gasteiger partial charge in [-0.3, -0.25) is 40.3 Å². The zero-order chi connectivity index (χ0) is 32.2. The molecule has 15 heteroatoms. The van der Waals surface area contributed by atoms with Crippen LogP contribution in [0.5, 0.6) is 5.75 Å². The number of nitrogens with one attached hydrogen (secondary N) is 4. The van der Waals surface area contributed by atoms with E-state index in [-0.39, 0.29) is 47.5 Å². The Morgan fingerprint density at radius 1 is 1.11 bits per heavy atom. The number of aliphatic hydroxyl groups is 3. The van der Waals surface area contributed by atoms with E-state index < -0.39 is 64.0 Å². The third-order valence-electron chi connectivity index (χ3n) is 9.25. The maximum atomic E-state index is 13.9. The standard InChI is InChI=1S/C29H38N8O7/c1-29(44)14-5-4-6-16(38)18(14)24(41)19-15(29)11-13-17(22(19)39)23(40)20(25(42)21(13)35(2)3)26(43)33-12-36-7-9-37(10-8-36)28(32)34-27(30)31/h4-6,13,15,17,21,38-39,42,44H,7-12H2,1-3H3,(H,33,43)(H5,30,31,32,34)/t13?,15?,17-,21?,29?/m1/s1. The van der Waals surface area contributed by atoms with Crippen LogP contribution < -0.4 is 16.4 Å². The predicted molar refractivity (Wildman–Crippen MR) is 158 cm³/mol. The van der Waals surface area contributed by atoms with Gasteiger partial charge in [-0.05, 0) is 45.0 Å². The SMILES string of the molecule is CN(C)C1C(O)=C(C(=O)NCN2CCN(C(=N)NC(=N)N)CC2)C(=O)[C@H]2C(O)=C3C(=O)c4c(O)cccc4C(C)(O)C3CC12. The normalized spacial score (nSPS) is 28.8. The van der Waals surface area contributed by atoms with Gasteiger partial charge >= 0.3 is 0 Å². The summed E-state index contributed by atoms with van der Waals surface area (Å²) in [5.41, 5.74) is 2.97. The Balaban J connectivity index is 1.41. The van der Waals surface area contributed by atoms with Crippen LogP contribution in [-0.4, -0.2) is 118 Å². The highest BCUT2D eigenvalue weighted by atomic mass is 16.3. The number of phenolic OH excluding ortho intramolecular Hbond substituents is 1. The third-order valence-corrected chi connectivity index (χ3v) is 9.25. The molecule has 0 bridgehead atoms. The number of guanidine groups is 2. The minimum atomic E-state index is -1.68. The number of nitrogens with two attached hydrogens (primary N) is 1. The fourth-order valence-electron chi connectivity index (χ4n) is 7.11. The van der Waals surface area contributed by atoms with E-state index in [9.17, 15) is 34.8 Å². The number of ketones is 2. The second-order valence-corrected chi connectivity index (χ2v) is 12.1. The molecule has 1 fully saturated rings. The number of amides is 1. The van der Waals surface area contributed by atoms with Crippen LogP contribution in [0.15, 0.2) is 40.9 Å². The van der Waals surface area contributed by atoms with E-state index in [1.165, 1.54) is 25.1 Å². The molecule has 1 aliphatic heterocycles. The van der Waals surface area contributed by atoms with E-state index in [0.717, 1.165) is 0 Å². The number of carbonyl (C=O) groups is 3. The van der Waals surface area contributed by atoms with Gasteiger partial charge in [0, 0.05) is 37.7 Å². The van der Waals surface area contributed by atoms with E-state index in [1.807, 2.05) is 4.90 Å². The molecule has 1 aromatic rings. The Labute approximate surface area is 253 Å². The van der Waals surface area contributed by atoms with E-state index in [2.05, 4.69) is 10.6 Å². The van der Waals surface area contributed by atoms with Gasteiger partial charge in [0.1, 0.15) is 22.8 Å². The lowest BCUT2D eigenvalue weighted by Crippen LogP contribution is -2.57. The summed E-state index contributed by atoms with van der Waals surface area (Å²) in [6, 6.07) is 3.47. The van der Waals surface area contributed by atoms with Crippen molar-refractivity contribution in [1.82, 2.24) is 25.3 Å². The number of nitrogens with zero attached hydrogens (tertiary/aromatic N) is 3. The summed E-state index contributed by atoms with van der Waals surface area (Å²) >= 11 is 0. The molecule has 3 aliphatic carbocycles. The average molecular weight is 611 g/mol. The number of aliphatic hydroxyl groups excluding tert-OH is 2. The van der Waals surface area contributed by atoms with Crippen LogP contribution in [0.25, 0.3) is 0 Å². The maximum absolute atomic E-state index is 13.9. The van der Waals surface area contributed by atoms with Gasteiger partial charge in [-0.15, -0.1) is 0 Å². The number of benzene rings is 1. The highest BCUT2D eigenvalue weighted by molar-refractivity contribution is 6.22. The van der Waals surface area contributed by atoms with E-state index in [0.29, 0.717) is 26.2 Å². The van der Waals surface area contributed by atoms with Gasteiger partial charge in [-0.1, -0.05) is 12.1 Å². The Morgan fingerprint density at radius 3 is 2.39 bits per heavy atom. The smallest absolute Gasteiger partial charge is 0.259 e. The number of hydrogen-bond donors (Lipinski definition) is 9. The van der Waals surface area contributed by atoms with Gasteiger partial charge in [-0.25, -0.2) is 0 Å². The van der Waals surface area contributed by atoms with Gasteiger partial charge in [0.05, 0.1) is 29.8 Å². The van der Waals surface area contributed by atoms with Crippen LogP contribution >= 0.6 is 0 Å². The van der Waals surface area contributed by atoms with Crippen molar-refractivity contribution in [1.29, 1.82) is 10.8 Å². The molecular weight excluding hydrogens is 572 g/mol. The van der Waals surface area contributed by atoms with Crippen molar-refractivity contribution in [2.24, 2.45) is 23.5 Å². The van der Waals surface area contributed by atoms with Crippen LogP contribution in [0.4, 0.5) is 0 Å². The number of rotatable bonds is 4. The van der Waals surface area contributed by atoms with Crippen molar-refractivity contribution >= 4 is 29.4 Å². The maximum Gasteiger partial charge on any atom is 0.259 e. The number of aromatic hydroxyl groups is 1. The first kappa shape index (κ1) is 31.0. The molecule has 10 N–H and O–H groups in total. The summed E-state index contributed by atoms with van der Waals surface area (Å²) in [7, 11) is 3.32. The predicted octanol–water partition coefficient (Wildman–Crippen LogP) is -0.705. The largest absolute Gasteiger partial charge is 0.511 e. The number of piperazine rings is 1. The molecule has 5 rings (SSSR count). The van der Waals surface area contributed by atoms with Crippen molar-refractivity contribution < 1.29 is 34.8 Å². The molecule has 5 atom stereocenters. The number of likely N-dealkylation sites (N-methyl/N-ethyl adjacent to an activating group) is 1. The van der Waals surface area contributed by atoms with Crippen LogP contribution in [0.2, 0.25) is 0 Å². The fourth-order valence-corrected chi connectivity index (χ4v) is 7.11. The summed E-state index contributed by atoms with van der Waals surface area (Å²) in [5.74, 6) is -7.15. The summed E-state index contributed by atoms with van der Waals surface area (Å²) < 4.78 is 0. The van der Waals surface area contributed by atoms with Crippen molar-refractivity contribution in [3.05, 3.63) is 52.0 Å². The lowest BCUT2D eigenvalue weighted by molar-refractivity contribution is -0.129. The van der Waals surface area contributed by atoms with Crippen molar-refractivity contribution in [3.63, 3.8) is 0 Å². The Hall–Kier alpha value is -4.47. The van der Waals surface area contributed by atoms with Gasteiger partial charge in [0.25, 0.3) is 5.91 Å². The second-order valence-electron chi connectivity index (χ2n) is 12.1. The molecule has 1 saturated heterocycles.